The standard InChI is InChI=1S/C19H18N2O5.C2H6/c1-8-6-13(22)10(3)18-16(8)25-17-9(2)14(23)7-11(12-4-5-20-21-12)15(17)19(24)26-18;1-2/h4-5,7-8,16,23H,6H2,1-3H3,(H,20,21);1-2H3. The van der Waals surface area contributed by atoms with Gasteiger partial charge in [0, 0.05) is 35.2 Å². The highest BCUT2D eigenvalue weighted by Gasteiger charge is 2.41. The van der Waals surface area contributed by atoms with Crippen molar-refractivity contribution in [1.29, 1.82) is 0 Å². The number of carbonyl (C=O) groups is 2. The monoisotopic (exact) mass is 384 g/mol. The lowest BCUT2D eigenvalue weighted by atomic mass is 9.86. The fourth-order valence-electron chi connectivity index (χ4n) is 3.46. The molecule has 2 heterocycles. The van der Waals surface area contributed by atoms with E-state index in [1.54, 1.807) is 26.1 Å². The van der Waals surface area contributed by atoms with Crippen LogP contribution in [-0.4, -0.2) is 33.2 Å². The third kappa shape index (κ3) is 3.06. The van der Waals surface area contributed by atoms with Crippen LogP contribution in [0.3, 0.4) is 0 Å². The number of H-pyrrole nitrogens is 1. The van der Waals surface area contributed by atoms with Crippen LogP contribution in [-0.2, 0) is 9.53 Å². The highest BCUT2D eigenvalue weighted by Crippen LogP contribution is 2.44. The van der Waals surface area contributed by atoms with Crippen molar-refractivity contribution in [3.05, 3.63) is 40.8 Å². The smallest absolute Gasteiger partial charge is 0.347 e. The average molecular weight is 384 g/mol. The second kappa shape index (κ2) is 7.50. The Hall–Kier alpha value is -3.09. The van der Waals surface area contributed by atoms with Gasteiger partial charge in [-0.25, -0.2) is 4.79 Å². The molecule has 2 atom stereocenters. The maximum absolute atomic E-state index is 12.9. The van der Waals surface area contributed by atoms with Gasteiger partial charge in [0.15, 0.2) is 17.6 Å². The molecule has 0 saturated carbocycles. The van der Waals surface area contributed by atoms with Gasteiger partial charge in [-0.2, -0.15) is 5.10 Å². The van der Waals surface area contributed by atoms with Gasteiger partial charge in [-0.3, -0.25) is 9.89 Å². The van der Waals surface area contributed by atoms with Crippen LogP contribution in [0.25, 0.3) is 11.3 Å². The average Bonchev–Trinajstić information content (AvgIpc) is 3.16. The fraction of sp³-hybridized carbons (Fsp3) is 0.381. The molecule has 1 aliphatic heterocycles. The van der Waals surface area contributed by atoms with E-state index < -0.39 is 12.1 Å². The van der Waals surface area contributed by atoms with Crippen LogP contribution in [0.4, 0.5) is 0 Å². The van der Waals surface area contributed by atoms with E-state index in [2.05, 4.69) is 10.2 Å². The molecule has 1 aromatic carbocycles. The van der Waals surface area contributed by atoms with Crippen molar-refractivity contribution in [2.75, 3.05) is 0 Å². The molecule has 1 aromatic heterocycles. The van der Waals surface area contributed by atoms with E-state index in [1.807, 2.05) is 20.8 Å². The van der Waals surface area contributed by atoms with Gasteiger partial charge in [0.2, 0.25) is 0 Å². The molecule has 0 bridgehead atoms. The van der Waals surface area contributed by atoms with Crippen LogP contribution in [0, 0.1) is 12.8 Å². The zero-order valence-corrected chi connectivity index (χ0v) is 16.6. The Bertz CT molecular complexity index is 960. The van der Waals surface area contributed by atoms with Crippen molar-refractivity contribution in [2.24, 2.45) is 5.92 Å². The number of rotatable bonds is 1. The number of ketones is 1. The Kier molecular flexibility index (Phi) is 5.27. The summed E-state index contributed by atoms with van der Waals surface area (Å²) in [6.45, 7) is 9.20. The van der Waals surface area contributed by atoms with Crippen LogP contribution in [0.15, 0.2) is 29.7 Å². The number of esters is 1. The second-order valence-corrected chi connectivity index (χ2v) is 6.76. The summed E-state index contributed by atoms with van der Waals surface area (Å²) in [7, 11) is 0. The number of phenols is 1. The summed E-state index contributed by atoms with van der Waals surface area (Å²) in [5.41, 5.74) is 2.04. The molecule has 2 unspecified atom stereocenters. The highest BCUT2D eigenvalue weighted by atomic mass is 16.6. The number of aromatic nitrogens is 2. The summed E-state index contributed by atoms with van der Waals surface area (Å²) in [6, 6.07) is 3.17. The molecule has 0 fully saturated rings. The van der Waals surface area contributed by atoms with Gasteiger partial charge in [0.05, 0.1) is 5.69 Å². The Morgan fingerprint density at radius 3 is 2.61 bits per heavy atom. The largest absolute Gasteiger partial charge is 0.508 e. The minimum Gasteiger partial charge on any atom is -0.508 e. The van der Waals surface area contributed by atoms with Gasteiger partial charge in [-0.05, 0) is 26.0 Å². The lowest BCUT2D eigenvalue weighted by Gasteiger charge is -2.29. The molecule has 2 N–H and O–H groups in total. The minimum absolute atomic E-state index is 0.00448. The van der Waals surface area contributed by atoms with Crippen LogP contribution in [0.5, 0.6) is 11.5 Å². The molecule has 148 valence electrons. The zero-order chi connectivity index (χ0) is 20.6. The van der Waals surface area contributed by atoms with Gasteiger partial charge >= 0.3 is 5.97 Å². The molecule has 7 nitrogen and oxygen atoms in total. The van der Waals surface area contributed by atoms with Crippen LogP contribution in [0.2, 0.25) is 0 Å². The molecule has 7 heteroatoms. The highest BCUT2D eigenvalue weighted by molar-refractivity contribution is 6.03. The molecule has 4 rings (SSSR count). The minimum atomic E-state index is -0.619. The van der Waals surface area contributed by atoms with Crippen molar-refractivity contribution < 1.29 is 24.2 Å². The predicted octanol–water partition coefficient (Wildman–Crippen LogP) is 3.92. The third-order valence-electron chi connectivity index (χ3n) is 5.02. The summed E-state index contributed by atoms with van der Waals surface area (Å²) >= 11 is 0. The molecular weight excluding hydrogens is 360 g/mol. The first-order valence-corrected chi connectivity index (χ1v) is 9.37. The number of hydrogen-bond donors (Lipinski definition) is 2. The Morgan fingerprint density at radius 2 is 1.96 bits per heavy atom. The van der Waals surface area contributed by atoms with Gasteiger partial charge in [-0.1, -0.05) is 20.8 Å². The first-order chi connectivity index (χ1) is 13.4. The summed E-state index contributed by atoms with van der Waals surface area (Å²) in [6.07, 6.45) is 1.31. The molecule has 0 radical (unpaired) electrons. The van der Waals surface area contributed by atoms with Gasteiger partial charge < -0.3 is 14.6 Å². The van der Waals surface area contributed by atoms with Crippen molar-refractivity contribution in [3.63, 3.8) is 0 Å². The summed E-state index contributed by atoms with van der Waals surface area (Å²) in [5, 5.41) is 17.0. The molecule has 28 heavy (non-hydrogen) atoms. The number of hydrogen-bond acceptors (Lipinski definition) is 6. The zero-order valence-electron chi connectivity index (χ0n) is 16.6. The van der Waals surface area contributed by atoms with Crippen LogP contribution < -0.4 is 4.74 Å². The van der Waals surface area contributed by atoms with E-state index in [4.69, 9.17) is 9.47 Å². The van der Waals surface area contributed by atoms with Gasteiger partial charge in [0.25, 0.3) is 0 Å². The number of aromatic amines is 1. The van der Waals surface area contributed by atoms with Crippen molar-refractivity contribution in [1.82, 2.24) is 10.2 Å². The van der Waals surface area contributed by atoms with E-state index in [1.165, 1.54) is 6.07 Å². The first kappa shape index (κ1) is 19.7. The number of benzene rings is 1. The maximum Gasteiger partial charge on any atom is 0.347 e. The number of Topliss-reactive ketones (excluding diaryl/α,β-unsaturated/α-hetero) is 1. The third-order valence-corrected chi connectivity index (χ3v) is 5.02. The van der Waals surface area contributed by atoms with E-state index in [0.717, 1.165) is 0 Å². The molecule has 0 amide bonds. The number of allylic oxidation sites excluding steroid dienone is 1. The van der Waals surface area contributed by atoms with Crippen LogP contribution >= 0.6 is 0 Å². The lowest BCUT2D eigenvalue weighted by Crippen LogP contribution is -2.35. The lowest BCUT2D eigenvalue weighted by molar-refractivity contribution is -0.118. The van der Waals surface area contributed by atoms with E-state index in [9.17, 15) is 14.7 Å². The maximum atomic E-state index is 12.9. The van der Waals surface area contributed by atoms with Crippen molar-refractivity contribution in [2.45, 2.75) is 47.1 Å². The Balaban J connectivity index is 0.00000109. The number of ether oxygens (including phenoxy) is 2. The number of carbonyl (C=O) groups excluding carboxylic acids is 2. The molecule has 2 aliphatic rings. The molecule has 0 saturated heterocycles. The van der Waals surface area contributed by atoms with Crippen molar-refractivity contribution >= 4 is 11.8 Å². The topological polar surface area (TPSA) is 102 Å². The molecule has 1 aliphatic carbocycles. The Morgan fingerprint density at radius 1 is 1.25 bits per heavy atom. The van der Waals surface area contributed by atoms with Gasteiger partial charge in [-0.15, -0.1) is 0 Å². The number of fused-ring (bicyclic) bond motifs is 2. The molecular formula is C21H24N2O5. The normalized spacial score (nSPS) is 20.9. The summed E-state index contributed by atoms with van der Waals surface area (Å²) in [4.78, 5) is 25.1. The number of phenolic OH excluding ortho intramolecular Hbond substituents is 1. The predicted molar refractivity (Wildman–Crippen MR) is 103 cm³/mol. The number of nitrogens with one attached hydrogen (secondary N) is 1. The first-order valence-electron chi connectivity index (χ1n) is 9.37. The number of aromatic hydroxyl groups is 1. The van der Waals surface area contributed by atoms with E-state index in [0.29, 0.717) is 28.8 Å². The van der Waals surface area contributed by atoms with Crippen LogP contribution in [0.1, 0.15) is 50.0 Å². The quantitative estimate of drug-likeness (QED) is 0.723. The van der Waals surface area contributed by atoms with Gasteiger partial charge in [0.1, 0.15) is 17.1 Å². The SMILES string of the molecule is CC.CC1=C2OC(=O)c3c(-c4ccn[nH]4)cc(O)c(C)c3OC2C(C)CC1=O. The summed E-state index contributed by atoms with van der Waals surface area (Å²) < 4.78 is 11.8. The van der Waals surface area contributed by atoms with Crippen molar-refractivity contribution in [3.8, 4) is 22.8 Å². The summed E-state index contributed by atoms with van der Waals surface area (Å²) in [5.74, 6) is -0.300. The number of nitrogens with zero attached hydrogens (tertiary/aromatic N) is 1. The second-order valence-electron chi connectivity index (χ2n) is 6.76. The molecule has 2 aromatic rings. The van der Waals surface area contributed by atoms with E-state index in [-0.39, 0.29) is 34.5 Å². The fourth-order valence-corrected chi connectivity index (χ4v) is 3.46. The molecule has 0 spiro atoms. The Labute approximate surface area is 163 Å². The van der Waals surface area contributed by atoms with E-state index >= 15 is 0 Å².